The van der Waals surface area contributed by atoms with Gasteiger partial charge in [-0.2, -0.15) is 0 Å². The molecule has 1 saturated carbocycles. The summed E-state index contributed by atoms with van der Waals surface area (Å²) in [6.45, 7) is 1.68. The first-order valence-corrected chi connectivity index (χ1v) is 8.33. The van der Waals surface area contributed by atoms with Gasteiger partial charge in [-0.3, -0.25) is 4.79 Å². The molecule has 0 saturated heterocycles. The van der Waals surface area contributed by atoms with Crippen molar-refractivity contribution in [3.63, 3.8) is 0 Å². The van der Waals surface area contributed by atoms with Gasteiger partial charge in [-0.25, -0.2) is 0 Å². The van der Waals surface area contributed by atoms with Crippen molar-refractivity contribution >= 4 is 28.8 Å². The Kier molecular flexibility index (Phi) is 6.19. The molecule has 0 aliphatic heterocycles. The van der Waals surface area contributed by atoms with E-state index in [1.54, 1.807) is 0 Å². The number of nitrogens with zero attached hydrogens (tertiary/aromatic N) is 3. The van der Waals surface area contributed by atoms with E-state index in [1.807, 2.05) is 0 Å². The molecule has 0 radical (unpaired) electrons. The Hall–Kier alpha value is -0.720. The average molecular weight is 317 g/mol. The molecule has 5 nitrogen and oxygen atoms in total. The van der Waals surface area contributed by atoms with Crippen LogP contribution in [0.4, 0.5) is 0 Å². The molecule has 1 aromatic heterocycles. The molecule has 0 atom stereocenters. The summed E-state index contributed by atoms with van der Waals surface area (Å²) < 4.78 is 0.298. The van der Waals surface area contributed by atoms with Crippen LogP contribution in [0.25, 0.3) is 0 Å². The highest BCUT2D eigenvalue weighted by atomic mass is 35.5. The molecule has 112 valence electrons. The van der Waals surface area contributed by atoms with Gasteiger partial charge in [0.25, 0.3) is 5.91 Å². The van der Waals surface area contributed by atoms with Gasteiger partial charge in [0.1, 0.15) is 0 Å². The van der Waals surface area contributed by atoms with Gasteiger partial charge in [-0.1, -0.05) is 30.6 Å². The molecule has 0 bridgehead atoms. The van der Waals surface area contributed by atoms with Crippen LogP contribution in [0.3, 0.4) is 0 Å². The Morgan fingerprint density at radius 1 is 1.40 bits per heavy atom. The lowest BCUT2D eigenvalue weighted by atomic mass is 9.94. The van der Waals surface area contributed by atoms with Crippen molar-refractivity contribution in [2.75, 3.05) is 20.1 Å². The van der Waals surface area contributed by atoms with Crippen LogP contribution in [0.5, 0.6) is 0 Å². The first-order valence-electron chi connectivity index (χ1n) is 7.14. The number of carbonyl (C=O) groups is 1. The predicted molar refractivity (Wildman–Crippen MR) is 81.4 cm³/mol. The van der Waals surface area contributed by atoms with E-state index >= 15 is 0 Å². The normalized spacial score (nSPS) is 16.6. The maximum atomic E-state index is 11.7. The van der Waals surface area contributed by atoms with E-state index in [9.17, 15) is 4.79 Å². The van der Waals surface area contributed by atoms with Crippen molar-refractivity contribution in [1.82, 2.24) is 20.4 Å². The second-order valence-electron chi connectivity index (χ2n) is 5.24. The molecule has 1 fully saturated rings. The van der Waals surface area contributed by atoms with Gasteiger partial charge < -0.3 is 10.2 Å². The number of rotatable bonds is 6. The SMILES string of the molecule is CN(CCCNC(=O)c1nnc(Cl)s1)C1CCCCC1. The highest BCUT2D eigenvalue weighted by Crippen LogP contribution is 2.21. The monoisotopic (exact) mass is 316 g/mol. The highest BCUT2D eigenvalue weighted by Gasteiger charge is 2.17. The molecular weight excluding hydrogens is 296 g/mol. The van der Waals surface area contributed by atoms with Crippen LogP contribution in [0.15, 0.2) is 0 Å². The van der Waals surface area contributed by atoms with Gasteiger partial charge in [0.2, 0.25) is 9.47 Å². The molecule has 0 spiro atoms. The van der Waals surface area contributed by atoms with Crippen LogP contribution in [-0.4, -0.2) is 47.2 Å². The minimum absolute atomic E-state index is 0.185. The minimum atomic E-state index is -0.185. The summed E-state index contributed by atoms with van der Waals surface area (Å²) in [4.78, 5) is 14.2. The summed E-state index contributed by atoms with van der Waals surface area (Å²) in [5.41, 5.74) is 0. The first kappa shape index (κ1) is 15.7. The number of carbonyl (C=O) groups excluding carboxylic acids is 1. The number of hydrogen-bond donors (Lipinski definition) is 1. The third kappa shape index (κ3) is 4.68. The Bertz CT molecular complexity index is 434. The average Bonchev–Trinajstić information content (AvgIpc) is 2.91. The van der Waals surface area contributed by atoms with Gasteiger partial charge in [-0.15, -0.1) is 10.2 Å². The number of aromatic nitrogens is 2. The van der Waals surface area contributed by atoms with Crippen LogP contribution in [0, 0.1) is 0 Å². The van der Waals surface area contributed by atoms with Crippen molar-refractivity contribution in [3.05, 3.63) is 9.47 Å². The largest absolute Gasteiger partial charge is 0.350 e. The molecule has 2 rings (SSSR count). The Morgan fingerprint density at radius 3 is 2.80 bits per heavy atom. The third-order valence-electron chi connectivity index (χ3n) is 3.77. The van der Waals surface area contributed by atoms with Gasteiger partial charge in [-0.05, 0) is 44.5 Å². The van der Waals surface area contributed by atoms with Gasteiger partial charge >= 0.3 is 0 Å². The van der Waals surface area contributed by atoms with Gasteiger partial charge in [0, 0.05) is 12.6 Å². The van der Waals surface area contributed by atoms with E-state index < -0.39 is 0 Å². The number of amides is 1. The lowest BCUT2D eigenvalue weighted by Gasteiger charge is -2.31. The van der Waals surface area contributed by atoms with Crippen molar-refractivity contribution in [2.45, 2.75) is 44.6 Å². The van der Waals surface area contributed by atoms with Crippen molar-refractivity contribution in [3.8, 4) is 0 Å². The predicted octanol–water partition coefficient (Wildman–Crippen LogP) is 2.58. The lowest BCUT2D eigenvalue weighted by molar-refractivity contribution is 0.0949. The van der Waals surface area contributed by atoms with Crippen molar-refractivity contribution < 1.29 is 4.79 Å². The van der Waals surface area contributed by atoms with Gasteiger partial charge in [0.15, 0.2) is 0 Å². The second-order valence-corrected chi connectivity index (χ2v) is 6.80. The summed E-state index contributed by atoms with van der Waals surface area (Å²) in [5, 5.41) is 10.5. The summed E-state index contributed by atoms with van der Waals surface area (Å²) >= 11 is 6.76. The van der Waals surface area contributed by atoms with E-state index in [0.29, 0.717) is 16.0 Å². The molecule has 20 heavy (non-hydrogen) atoms. The van der Waals surface area contributed by atoms with E-state index in [0.717, 1.165) is 30.3 Å². The van der Waals surface area contributed by atoms with Crippen LogP contribution in [-0.2, 0) is 0 Å². The standard InChI is InChI=1S/C13H21ClN4OS/c1-18(10-6-3-2-4-7-10)9-5-8-15-11(19)12-16-17-13(14)20-12/h10H,2-9H2,1H3,(H,15,19). The van der Waals surface area contributed by atoms with Crippen LogP contribution >= 0.6 is 22.9 Å². The van der Waals surface area contributed by atoms with E-state index in [2.05, 4.69) is 27.5 Å². The Balaban J connectivity index is 1.62. The fraction of sp³-hybridized carbons (Fsp3) is 0.769. The van der Waals surface area contributed by atoms with Crippen LogP contribution in [0.2, 0.25) is 4.47 Å². The molecule has 0 aromatic carbocycles. The van der Waals surface area contributed by atoms with Crippen molar-refractivity contribution in [2.24, 2.45) is 0 Å². The topological polar surface area (TPSA) is 58.1 Å². The minimum Gasteiger partial charge on any atom is -0.350 e. The summed E-state index contributed by atoms with van der Waals surface area (Å²) in [5.74, 6) is -0.185. The fourth-order valence-electron chi connectivity index (χ4n) is 2.61. The smallest absolute Gasteiger partial charge is 0.282 e. The number of halogens is 1. The zero-order valence-corrected chi connectivity index (χ0v) is 13.3. The second kappa shape index (κ2) is 7.90. The van der Waals surface area contributed by atoms with E-state index in [1.165, 1.54) is 32.1 Å². The van der Waals surface area contributed by atoms with E-state index in [-0.39, 0.29) is 5.91 Å². The lowest BCUT2D eigenvalue weighted by Crippen LogP contribution is -2.35. The van der Waals surface area contributed by atoms with Crippen LogP contribution in [0.1, 0.15) is 48.3 Å². The Morgan fingerprint density at radius 2 is 2.15 bits per heavy atom. The van der Waals surface area contributed by atoms with Gasteiger partial charge in [0.05, 0.1) is 0 Å². The maximum Gasteiger partial charge on any atom is 0.282 e. The molecule has 1 heterocycles. The molecule has 1 aliphatic rings. The quantitative estimate of drug-likeness (QED) is 0.820. The zero-order valence-electron chi connectivity index (χ0n) is 11.8. The fourth-order valence-corrected chi connectivity index (χ4v) is 3.35. The van der Waals surface area contributed by atoms with Crippen molar-refractivity contribution in [1.29, 1.82) is 0 Å². The number of nitrogens with one attached hydrogen (secondary N) is 1. The number of hydrogen-bond acceptors (Lipinski definition) is 5. The zero-order chi connectivity index (χ0) is 14.4. The molecule has 1 aromatic rings. The Labute approximate surface area is 128 Å². The summed E-state index contributed by atoms with van der Waals surface area (Å²) in [7, 11) is 2.18. The molecule has 1 amide bonds. The molecule has 7 heteroatoms. The van der Waals surface area contributed by atoms with Crippen LogP contribution < -0.4 is 5.32 Å². The highest BCUT2D eigenvalue weighted by molar-refractivity contribution is 7.17. The molecule has 1 N–H and O–H groups in total. The molecule has 0 unspecified atom stereocenters. The molecule has 1 aliphatic carbocycles. The van der Waals surface area contributed by atoms with E-state index in [4.69, 9.17) is 11.6 Å². The summed E-state index contributed by atoms with van der Waals surface area (Å²) in [6, 6.07) is 0.724. The summed E-state index contributed by atoms with van der Waals surface area (Å²) in [6.07, 6.45) is 7.65. The maximum absolute atomic E-state index is 11.7. The molecular formula is C13H21ClN4OS. The first-order chi connectivity index (χ1) is 9.66. The third-order valence-corrected chi connectivity index (χ3v) is 4.78.